The minimum absolute atomic E-state index is 0.0118. The highest BCUT2D eigenvalue weighted by Gasteiger charge is 2.24. The van der Waals surface area contributed by atoms with Crippen LogP contribution < -0.4 is 5.32 Å². The maximum absolute atomic E-state index is 12.0. The normalized spacial score (nSPS) is 22.5. The second kappa shape index (κ2) is 7.41. The van der Waals surface area contributed by atoms with Gasteiger partial charge in [0, 0.05) is 18.7 Å². The van der Waals surface area contributed by atoms with Crippen LogP contribution in [0.1, 0.15) is 41.6 Å². The van der Waals surface area contributed by atoms with E-state index >= 15 is 0 Å². The van der Waals surface area contributed by atoms with Gasteiger partial charge in [-0.1, -0.05) is 25.0 Å². The van der Waals surface area contributed by atoms with Crippen LogP contribution >= 0.6 is 0 Å². The van der Waals surface area contributed by atoms with Crippen molar-refractivity contribution in [2.45, 2.75) is 32.3 Å². The predicted octanol–water partition coefficient (Wildman–Crippen LogP) is 1.71. The van der Waals surface area contributed by atoms with E-state index in [0.29, 0.717) is 23.9 Å². The fourth-order valence-electron chi connectivity index (χ4n) is 2.88. The van der Waals surface area contributed by atoms with Gasteiger partial charge in [0.05, 0.1) is 6.61 Å². The Bertz CT molecular complexity index is 430. The van der Waals surface area contributed by atoms with Crippen molar-refractivity contribution in [1.29, 1.82) is 0 Å². The number of aliphatic hydroxyl groups excluding tert-OH is 2. The lowest BCUT2D eigenvalue weighted by molar-refractivity contribution is 0.0909. The number of carbonyl (C=O) groups excluding carboxylic acids is 1. The lowest BCUT2D eigenvalue weighted by Gasteiger charge is -2.30. The molecule has 4 nitrogen and oxygen atoms in total. The molecule has 0 saturated heterocycles. The highest BCUT2D eigenvalue weighted by atomic mass is 16.3. The molecule has 0 bridgehead atoms. The van der Waals surface area contributed by atoms with E-state index in [2.05, 4.69) is 5.32 Å². The number of benzene rings is 1. The maximum atomic E-state index is 12.0. The summed E-state index contributed by atoms with van der Waals surface area (Å²) in [4.78, 5) is 12.0. The van der Waals surface area contributed by atoms with Crippen LogP contribution in [0.2, 0.25) is 0 Å². The summed E-state index contributed by atoms with van der Waals surface area (Å²) in [5, 5.41) is 21.3. The molecule has 4 heteroatoms. The summed E-state index contributed by atoms with van der Waals surface area (Å²) >= 11 is 0. The van der Waals surface area contributed by atoms with Crippen molar-refractivity contribution in [3.05, 3.63) is 35.4 Å². The van der Waals surface area contributed by atoms with Gasteiger partial charge in [0.1, 0.15) is 0 Å². The third-order valence-corrected chi connectivity index (χ3v) is 4.22. The number of rotatable bonds is 5. The van der Waals surface area contributed by atoms with Crippen LogP contribution in [0, 0.1) is 11.8 Å². The van der Waals surface area contributed by atoms with Gasteiger partial charge in [-0.15, -0.1) is 0 Å². The topological polar surface area (TPSA) is 69.6 Å². The zero-order valence-corrected chi connectivity index (χ0v) is 11.7. The molecule has 0 radical (unpaired) electrons. The van der Waals surface area contributed by atoms with Gasteiger partial charge in [-0.05, 0) is 42.4 Å². The third kappa shape index (κ3) is 3.81. The van der Waals surface area contributed by atoms with E-state index in [-0.39, 0.29) is 19.1 Å². The summed E-state index contributed by atoms with van der Waals surface area (Å²) in [5.41, 5.74) is 1.41. The first-order chi connectivity index (χ1) is 9.74. The smallest absolute Gasteiger partial charge is 0.251 e. The number of hydrogen-bond acceptors (Lipinski definition) is 3. The van der Waals surface area contributed by atoms with Crippen LogP contribution in [0.25, 0.3) is 0 Å². The quantitative estimate of drug-likeness (QED) is 0.767. The molecule has 3 N–H and O–H groups in total. The zero-order valence-electron chi connectivity index (χ0n) is 11.7. The fourth-order valence-corrected chi connectivity index (χ4v) is 2.88. The van der Waals surface area contributed by atoms with Crippen LogP contribution in [0.3, 0.4) is 0 Å². The second-order valence-electron chi connectivity index (χ2n) is 5.55. The predicted molar refractivity (Wildman–Crippen MR) is 77.2 cm³/mol. The number of carbonyl (C=O) groups is 1. The SMILES string of the molecule is O=C(NCC1CCCCC1CO)c1ccc(CO)cc1. The molecule has 0 heterocycles. The number of hydrogen-bond donors (Lipinski definition) is 3. The molecule has 0 aliphatic heterocycles. The second-order valence-corrected chi connectivity index (χ2v) is 5.55. The molecule has 2 unspecified atom stereocenters. The largest absolute Gasteiger partial charge is 0.396 e. The van der Waals surface area contributed by atoms with Gasteiger partial charge in [-0.3, -0.25) is 4.79 Å². The minimum Gasteiger partial charge on any atom is -0.396 e. The van der Waals surface area contributed by atoms with Gasteiger partial charge in [0.25, 0.3) is 5.91 Å². The first-order valence-electron chi connectivity index (χ1n) is 7.33. The summed E-state index contributed by atoms with van der Waals surface area (Å²) < 4.78 is 0. The average Bonchev–Trinajstić information content (AvgIpc) is 2.53. The Morgan fingerprint density at radius 1 is 1.10 bits per heavy atom. The van der Waals surface area contributed by atoms with E-state index in [9.17, 15) is 9.90 Å². The molecule has 110 valence electrons. The highest BCUT2D eigenvalue weighted by molar-refractivity contribution is 5.94. The van der Waals surface area contributed by atoms with Crippen LogP contribution in [-0.4, -0.2) is 29.3 Å². The van der Waals surface area contributed by atoms with Crippen LogP contribution in [0.4, 0.5) is 0 Å². The first-order valence-corrected chi connectivity index (χ1v) is 7.33. The summed E-state index contributed by atoms with van der Waals surface area (Å²) in [6.07, 6.45) is 4.50. The minimum atomic E-state index is -0.0863. The number of aliphatic hydroxyl groups is 2. The van der Waals surface area contributed by atoms with Crippen molar-refractivity contribution in [3.63, 3.8) is 0 Å². The monoisotopic (exact) mass is 277 g/mol. The molecule has 20 heavy (non-hydrogen) atoms. The Balaban J connectivity index is 1.87. The van der Waals surface area contributed by atoms with Gasteiger partial charge in [0.15, 0.2) is 0 Å². The van der Waals surface area contributed by atoms with Crippen molar-refractivity contribution >= 4 is 5.91 Å². The van der Waals surface area contributed by atoms with Crippen LogP contribution in [-0.2, 0) is 6.61 Å². The summed E-state index contributed by atoms with van der Waals surface area (Å²) in [5.74, 6) is 0.618. The number of amides is 1. The van der Waals surface area contributed by atoms with Crippen LogP contribution in [0.15, 0.2) is 24.3 Å². The summed E-state index contributed by atoms with van der Waals surface area (Å²) in [6, 6.07) is 6.97. The van der Waals surface area contributed by atoms with E-state index in [0.717, 1.165) is 18.4 Å². The Labute approximate surface area is 119 Å². The Hall–Kier alpha value is -1.39. The zero-order chi connectivity index (χ0) is 14.4. The van der Waals surface area contributed by atoms with Crippen molar-refractivity contribution in [1.82, 2.24) is 5.32 Å². The summed E-state index contributed by atoms with van der Waals surface area (Å²) in [7, 11) is 0. The molecule has 0 aromatic heterocycles. The number of nitrogens with one attached hydrogen (secondary N) is 1. The molecule has 1 aliphatic rings. The lowest BCUT2D eigenvalue weighted by atomic mass is 9.79. The van der Waals surface area contributed by atoms with Gasteiger partial charge in [0.2, 0.25) is 0 Å². The first kappa shape index (κ1) is 15.0. The lowest BCUT2D eigenvalue weighted by Crippen LogP contribution is -2.35. The molecule has 0 spiro atoms. The maximum Gasteiger partial charge on any atom is 0.251 e. The van der Waals surface area contributed by atoms with Crippen molar-refractivity contribution in [2.24, 2.45) is 11.8 Å². The Kier molecular flexibility index (Phi) is 5.56. The van der Waals surface area contributed by atoms with Gasteiger partial charge < -0.3 is 15.5 Å². The molecule has 1 amide bonds. The van der Waals surface area contributed by atoms with E-state index in [1.165, 1.54) is 12.8 Å². The molecule has 1 fully saturated rings. The molecular formula is C16H23NO3. The molecule has 2 rings (SSSR count). The standard InChI is InChI=1S/C16H23NO3/c18-10-12-5-7-13(8-6-12)16(20)17-9-14-3-1-2-4-15(14)11-19/h5-8,14-15,18-19H,1-4,9-11H2,(H,17,20). The van der Waals surface area contributed by atoms with Crippen LogP contribution in [0.5, 0.6) is 0 Å². The Morgan fingerprint density at radius 2 is 1.75 bits per heavy atom. The van der Waals surface area contributed by atoms with Crippen molar-refractivity contribution in [2.75, 3.05) is 13.2 Å². The molecule has 1 aromatic carbocycles. The van der Waals surface area contributed by atoms with E-state index in [4.69, 9.17) is 5.11 Å². The van der Waals surface area contributed by atoms with E-state index in [1.807, 2.05) is 0 Å². The van der Waals surface area contributed by atoms with E-state index in [1.54, 1.807) is 24.3 Å². The fraction of sp³-hybridized carbons (Fsp3) is 0.562. The highest BCUT2D eigenvalue weighted by Crippen LogP contribution is 2.29. The van der Waals surface area contributed by atoms with Gasteiger partial charge in [-0.25, -0.2) is 0 Å². The van der Waals surface area contributed by atoms with E-state index < -0.39 is 0 Å². The molecule has 2 atom stereocenters. The Morgan fingerprint density at radius 3 is 2.35 bits per heavy atom. The molecular weight excluding hydrogens is 254 g/mol. The average molecular weight is 277 g/mol. The van der Waals surface area contributed by atoms with Crippen molar-refractivity contribution in [3.8, 4) is 0 Å². The van der Waals surface area contributed by atoms with Gasteiger partial charge in [-0.2, -0.15) is 0 Å². The molecule has 1 aromatic rings. The molecule has 1 aliphatic carbocycles. The summed E-state index contributed by atoms with van der Waals surface area (Å²) in [6.45, 7) is 0.833. The van der Waals surface area contributed by atoms with Crippen molar-refractivity contribution < 1.29 is 15.0 Å². The third-order valence-electron chi connectivity index (χ3n) is 4.22. The molecule has 1 saturated carbocycles. The van der Waals surface area contributed by atoms with Gasteiger partial charge >= 0.3 is 0 Å².